The van der Waals surface area contributed by atoms with Gasteiger partial charge in [-0.1, -0.05) is 24.3 Å². The van der Waals surface area contributed by atoms with Crippen molar-refractivity contribution >= 4 is 15.8 Å². The van der Waals surface area contributed by atoms with Gasteiger partial charge >= 0.3 is 0 Å². The minimum Gasteiger partial charge on any atom is -0.350 e. The van der Waals surface area contributed by atoms with Crippen molar-refractivity contribution in [2.75, 3.05) is 18.0 Å². The van der Waals surface area contributed by atoms with E-state index in [9.17, 15) is 8.42 Å². The van der Waals surface area contributed by atoms with Crippen LogP contribution in [0.25, 0.3) is 0 Å². The van der Waals surface area contributed by atoms with Gasteiger partial charge in [-0.25, -0.2) is 18.4 Å². The van der Waals surface area contributed by atoms with Gasteiger partial charge in [0.2, 0.25) is 10.0 Å². The van der Waals surface area contributed by atoms with Gasteiger partial charge in [-0.05, 0) is 56.9 Å². The third kappa shape index (κ3) is 3.89. The second kappa shape index (κ2) is 8.60. The normalized spacial score (nSPS) is 19.2. The summed E-state index contributed by atoms with van der Waals surface area (Å²) in [5.41, 5.74) is 3.10. The number of aryl methyl sites for hydroxylation is 1. The van der Waals surface area contributed by atoms with Crippen LogP contribution in [0.15, 0.2) is 59.6 Å². The standard InChI is InChI=1S/C24H27N5O2S/c1-18-21-12-7-15-28(17-19-9-5-6-14-25-19)24(21)27-23(26-18)22-13-8-16-29(22)32(30,31)20-10-3-2-4-11-20/h2-6,9-11,14,22H,7-8,12-13,15-17H2,1H3. The van der Waals surface area contributed by atoms with Gasteiger partial charge in [0.1, 0.15) is 11.6 Å². The molecule has 32 heavy (non-hydrogen) atoms. The SMILES string of the molecule is Cc1nc(C2CCCN2S(=O)(=O)c2ccccc2)nc2c1CCCN2Cc1ccccn1. The Morgan fingerprint density at radius 2 is 1.81 bits per heavy atom. The van der Waals surface area contributed by atoms with Crippen molar-refractivity contribution in [2.24, 2.45) is 0 Å². The van der Waals surface area contributed by atoms with Gasteiger partial charge in [0.25, 0.3) is 0 Å². The van der Waals surface area contributed by atoms with Crippen LogP contribution in [0.4, 0.5) is 5.82 Å². The Hall–Kier alpha value is -2.84. The van der Waals surface area contributed by atoms with E-state index in [1.54, 1.807) is 28.6 Å². The Bertz CT molecular complexity index is 1200. The fourth-order valence-electron chi connectivity index (χ4n) is 4.71. The summed E-state index contributed by atoms with van der Waals surface area (Å²) in [6.07, 6.45) is 5.32. The molecule has 166 valence electrons. The van der Waals surface area contributed by atoms with E-state index in [0.29, 0.717) is 23.8 Å². The summed E-state index contributed by atoms with van der Waals surface area (Å²) >= 11 is 0. The number of hydrogen-bond acceptors (Lipinski definition) is 6. The predicted molar refractivity (Wildman–Crippen MR) is 123 cm³/mol. The molecule has 2 aliphatic rings. The average molecular weight is 450 g/mol. The van der Waals surface area contributed by atoms with Crippen LogP contribution in [0.2, 0.25) is 0 Å². The van der Waals surface area contributed by atoms with E-state index in [0.717, 1.165) is 55.0 Å². The van der Waals surface area contributed by atoms with Gasteiger partial charge in [0.15, 0.2) is 0 Å². The lowest BCUT2D eigenvalue weighted by Gasteiger charge is -2.32. The molecule has 1 unspecified atom stereocenters. The lowest BCUT2D eigenvalue weighted by molar-refractivity contribution is 0.382. The van der Waals surface area contributed by atoms with Crippen LogP contribution < -0.4 is 4.90 Å². The summed E-state index contributed by atoms with van der Waals surface area (Å²) in [4.78, 5) is 16.8. The first-order valence-corrected chi connectivity index (χ1v) is 12.6. The fourth-order valence-corrected chi connectivity index (χ4v) is 6.39. The number of sulfonamides is 1. The van der Waals surface area contributed by atoms with E-state index in [-0.39, 0.29) is 6.04 Å². The molecule has 2 aliphatic heterocycles. The van der Waals surface area contributed by atoms with E-state index in [2.05, 4.69) is 9.88 Å². The average Bonchev–Trinajstić information content (AvgIpc) is 3.32. The molecular weight excluding hydrogens is 422 g/mol. The smallest absolute Gasteiger partial charge is 0.243 e. The zero-order chi connectivity index (χ0) is 22.1. The summed E-state index contributed by atoms with van der Waals surface area (Å²) in [6, 6.07) is 14.2. The first-order valence-electron chi connectivity index (χ1n) is 11.1. The van der Waals surface area contributed by atoms with E-state index in [4.69, 9.17) is 9.97 Å². The lowest BCUT2D eigenvalue weighted by atomic mass is 10.0. The first-order chi connectivity index (χ1) is 15.5. The second-order valence-corrected chi connectivity index (χ2v) is 10.3. The Balaban J connectivity index is 1.50. The monoisotopic (exact) mass is 449 g/mol. The second-order valence-electron chi connectivity index (χ2n) is 8.40. The molecular formula is C24H27N5O2S. The van der Waals surface area contributed by atoms with Crippen LogP contribution in [0.3, 0.4) is 0 Å². The van der Waals surface area contributed by atoms with Gasteiger partial charge in [-0.2, -0.15) is 4.31 Å². The molecule has 8 heteroatoms. The van der Waals surface area contributed by atoms with Crippen LogP contribution in [0.1, 0.15) is 48.1 Å². The van der Waals surface area contributed by atoms with Crippen LogP contribution in [-0.4, -0.2) is 40.8 Å². The molecule has 1 atom stereocenters. The zero-order valence-electron chi connectivity index (χ0n) is 18.2. The third-order valence-electron chi connectivity index (χ3n) is 6.29. The number of benzene rings is 1. The van der Waals surface area contributed by atoms with E-state index < -0.39 is 10.0 Å². The first kappa shape index (κ1) is 21.0. The van der Waals surface area contributed by atoms with Gasteiger partial charge in [0, 0.05) is 30.5 Å². The van der Waals surface area contributed by atoms with E-state index >= 15 is 0 Å². The zero-order valence-corrected chi connectivity index (χ0v) is 19.0. The quantitative estimate of drug-likeness (QED) is 0.592. The van der Waals surface area contributed by atoms with Crippen LogP contribution in [-0.2, 0) is 23.0 Å². The number of nitrogens with zero attached hydrogens (tertiary/aromatic N) is 5. The molecule has 0 N–H and O–H groups in total. The fraction of sp³-hybridized carbons (Fsp3) is 0.375. The van der Waals surface area contributed by atoms with Crippen molar-refractivity contribution in [3.8, 4) is 0 Å². The van der Waals surface area contributed by atoms with Crippen molar-refractivity contribution in [2.45, 2.75) is 50.1 Å². The predicted octanol–water partition coefficient (Wildman–Crippen LogP) is 3.66. The number of anilines is 1. The van der Waals surface area contributed by atoms with Crippen LogP contribution in [0.5, 0.6) is 0 Å². The van der Waals surface area contributed by atoms with Gasteiger partial charge < -0.3 is 4.90 Å². The maximum atomic E-state index is 13.3. The molecule has 0 saturated carbocycles. The number of fused-ring (bicyclic) bond motifs is 1. The summed E-state index contributed by atoms with van der Waals surface area (Å²) in [7, 11) is -3.60. The topological polar surface area (TPSA) is 79.3 Å². The Kier molecular flexibility index (Phi) is 5.65. The highest BCUT2D eigenvalue weighted by Crippen LogP contribution is 2.37. The number of aromatic nitrogens is 3. The molecule has 2 aromatic heterocycles. The van der Waals surface area contributed by atoms with Crippen molar-refractivity contribution < 1.29 is 8.42 Å². The summed E-state index contributed by atoms with van der Waals surface area (Å²) in [6.45, 7) is 4.08. The molecule has 1 fully saturated rings. The van der Waals surface area contributed by atoms with Crippen molar-refractivity contribution in [3.63, 3.8) is 0 Å². The molecule has 1 saturated heterocycles. The van der Waals surface area contributed by atoms with Crippen molar-refractivity contribution in [1.82, 2.24) is 19.3 Å². The van der Waals surface area contributed by atoms with Gasteiger partial charge in [0.05, 0.1) is 23.2 Å². The number of hydrogen-bond donors (Lipinski definition) is 0. The summed E-state index contributed by atoms with van der Waals surface area (Å²) in [5, 5.41) is 0. The highest BCUT2D eigenvalue weighted by molar-refractivity contribution is 7.89. The van der Waals surface area contributed by atoms with Crippen LogP contribution >= 0.6 is 0 Å². The number of rotatable bonds is 5. The van der Waals surface area contributed by atoms with Gasteiger partial charge in [-0.3, -0.25) is 4.98 Å². The summed E-state index contributed by atoms with van der Waals surface area (Å²) in [5.74, 6) is 1.53. The molecule has 3 aromatic rings. The minimum atomic E-state index is -3.60. The Morgan fingerprint density at radius 1 is 1.00 bits per heavy atom. The largest absolute Gasteiger partial charge is 0.350 e. The molecule has 0 amide bonds. The number of pyridine rings is 1. The van der Waals surface area contributed by atoms with Crippen LogP contribution in [0, 0.1) is 6.92 Å². The maximum Gasteiger partial charge on any atom is 0.243 e. The molecule has 0 aliphatic carbocycles. The van der Waals surface area contributed by atoms with Gasteiger partial charge in [-0.15, -0.1) is 0 Å². The minimum absolute atomic E-state index is 0.318. The molecule has 0 bridgehead atoms. The Labute approximate surface area is 189 Å². The molecule has 1 aromatic carbocycles. The highest BCUT2D eigenvalue weighted by atomic mass is 32.2. The molecule has 5 rings (SSSR count). The third-order valence-corrected chi connectivity index (χ3v) is 8.22. The molecule has 0 radical (unpaired) electrons. The van der Waals surface area contributed by atoms with E-state index in [1.165, 1.54) is 0 Å². The maximum absolute atomic E-state index is 13.3. The van der Waals surface area contributed by atoms with Crippen molar-refractivity contribution in [3.05, 3.63) is 77.5 Å². The van der Waals surface area contributed by atoms with Crippen molar-refractivity contribution in [1.29, 1.82) is 0 Å². The summed E-state index contributed by atoms with van der Waals surface area (Å²) < 4.78 is 28.3. The van der Waals surface area contributed by atoms with E-state index in [1.807, 2.05) is 37.4 Å². The Morgan fingerprint density at radius 3 is 2.59 bits per heavy atom. The molecule has 7 nitrogen and oxygen atoms in total. The lowest BCUT2D eigenvalue weighted by Crippen LogP contribution is -2.34. The molecule has 0 spiro atoms. The molecule has 4 heterocycles. The highest BCUT2D eigenvalue weighted by Gasteiger charge is 2.38.